The number of ether oxygens (including phenoxy) is 1. The van der Waals surface area contributed by atoms with Gasteiger partial charge in [0.1, 0.15) is 5.75 Å². The van der Waals surface area contributed by atoms with Gasteiger partial charge in [-0.1, -0.05) is 18.2 Å². The number of alkyl halides is 3. The second-order valence-corrected chi connectivity index (χ2v) is 8.02. The van der Waals surface area contributed by atoms with E-state index in [-0.39, 0.29) is 11.7 Å². The maximum absolute atomic E-state index is 12.9. The van der Waals surface area contributed by atoms with Gasteiger partial charge in [-0.25, -0.2) is 0 Å². The molecular formula is C23H21ClF3N3O2. The van der Waals surface area contributed by atoms with E-state index in [0.717, 1.165) is 22.9 Å². The third-order valence-electron chi connectivity index (χ3n) is 5.48. The molecule has 1 saturated heterocycles. The number of anilines is 1. The SMILES string of the molecule is C=C(NCCc1c[nH]c2ccc(Cl)cc12)C1CCN(c2ccc(OC(F)(F)F)cc2)C1=O. The molecule has 1 fully saturated rings. The van der Waals surface area contributed by atoms with Crippen molar-refractivity contribution in [3.05, 3.63) is 71.5 Å². The molecule has 4 rings (SSSR count). The second kappa shape index (κ2) is 8.78. The minimum absolute atomic E-state index is 0.133. The maximum atomic E-state index is 12.9. The zero-order valence-corrected chi connectivity index (χ0v) is 17.8. The van der Waals surface area contributed by atoms with Crippen molar-refractivity contribution in [3.63, 3.8) is 0 Å². The summed E-state index contributed by atoms with van der Waals surface area (Å²) in [6.45, 7) is 5.10. The van der Waals surface area contributed by atoms with Crippen LogP contribution in [0.25, 0.3) is 10.9 Å². The Labute approximate surface area is 187 Å². The van der Waals surface area contributed by atoms with Gasteiger partial charge in [-0.2, -0.15) is 0 Å². The zero-order valence-electron chi connectivity index (χ0n) is 17.0. The van der Waals surface area contributed by atoms with Crippen LogP contribution in [0.2, 0.25) is 5.02 Å². The molecule has 2 aromatic carbocycles. The summed E-state index contributed by atoms with van der Waals surface area (Å²) in [7, 11) is 0. The van der Waals surface area contributed by atoms with Crippen molar-refractivity contribution in [3.8, 4) is 5.75 Å². The molecule has 0 bridgehead atoms. The number of aromatic amines is 1. The third kappa shape index (κ3) is 4.85. The molecule has 1 unspecified atom stereocenters. The van der Waals surface area contributed by atoms with Gasteiger partial charge in [0.25, 0.3) is 0 Å². The number of rotatable bonds is 7. The first-order valence-electron chi connectivity index (χ1n) is 10.1. The van der Waals surface area contributed by atoms with Gasteiger partial charge in [-0.05, 0) is 60.9 Å². The lowest BCUT2D eigenvalue weighted by molar-refractivity contribution is -0.274. The number of halogens is 4. The summed E-state index contributed by atoms with van der Waals surface area (Å²) in [6.07, 6.45) is -1.50. The van der Waals surface area contributed by atoms with Crippen LogP contribution in [-0.2, 0) is 11.2 Å². The topological polar surface area (TPSA) is 57.4 Å². The average molecular weight is 464 g/mol. The van der Waals surface area contributed by atoms with Gasteiger partial charge in [0, 0.05) is 46.6 Å². The number of hydrogen-bond donors (Lipinski definition) is 2. The van der Waals surface area contributed by atoms with Crippen LogP contribution in [0, 0.1) is 5.92 Å². The summed E-state index contributed by atoms with van der Waals surface area (Å²) in [5.74, 6) is -0.849. The van der Waals surface area contributed by atoms with Gasteiger partial charge in [0.15, 0.2) is 0 Å². The molecular weight excluding hydrogens is 443 g/mol. The quantitative estimate of drug-likeness (QED) is 0.492. The van der Waals surface area contributed by atoms with Gasteiger partial charge in [-0.15, -0.1) is 13.2 Å². The molecule has 5 nitrogen and oxygen atoms in total. The van der Waals surface area contributed by atoms with Crippen LogP contribution in [0.5, 0.6) is 5.75 Å². The molecule has 32 heavy (non-hydrogen) atoms. The lowest BCUT2D eigenvalue weighted by atomic mass is 10.0. The number of carbonyl (C=O) groups is 1. The zero-order chi connectivity index (χ0) is 22.9. The van der Waals surface area contributed by atoms with Crippen molar-refractivity contribution < 1.29 is 22.7 Å². The fraction of sp³-hybridized carbons (Fsp3) is 0.261. The molecule has 0 spiro atoms. The first-order chi connectivity index (χ1) is 15.2. The Balaban J connectivity index is 1.33. The van der Waals surface area contributed by atoms with E-state index in [2.05, 4.69) is 21.6 Å². The Morgan fingerprint density at radius 3 is 2.72 bits per heavy atom. The van der Waals surface area contributed by atoms with Crippen LogP contribution in [-0.4, -0.2) is 30.3 Å². The Morgan fingerprint density at radius 1 is 1.25 bits per heavy atom. The highest BCUT2D eigenvalue weighted by Gasteiger charge is 2.35. The monoisotopic (exact) mass is 463 g/mol. The van der Waals surface area contributed by atoms with E-state index < -0.39 is 12.3 Å². The smallest absolute Gasteiger partial charge is 0.406 e. The van der Waals surface area contributed by atoms with E-state index >= 15 is 0 Å². The van der Waals surface area contributed by atoms with Crippen molar-refractivity contribution in [2.45, 2.75) is 19.2 Å². The summed E-state index contributed by atoms with van der Waals surface area (Å²) in [5.41, 5.74) is 3.28. The normalized spacial score (nSPS) is 16.6. The average Bonchev–Trinajstić information content (AvgIpc) is 3.31. The fourth-order valence-electron chi connectivity index (χ4n) is 3.93. The van der Waals surface area contributed by atoms with Crippen molar-refractivity contribution in [1.82, 2.24) is 10.3 Å². The van der Waals surface area contributed by atoms with Gasteiger partial charge in [-0.3, -0.25) is 4.79 Å². The first-order valence-corrected chi connectivity index (χ1v) is 10.4. The maximum Gasteiger partial charge on any atom is 0.573 e. The van der Waals surface area contributed by atoms with Crippen LogP contribution in [0.3, 0.4) is 0 Å². The van der Waals surface area contributed by atoms with Gasteiger partial charge in [0.2, 0.25) is 5.91 Å². The summed E-state index contributed by atoms with van der Waals surface area (Å²) in [5, 5.41) is 4.98. The van der Waals surface area contributed by atoms with Crippen molar-refractivity contribution in [1.29, 1.82) is 0 Å². The number of amides is 1. The van der Waals surface area contributed by atoms with E-state index in [4.69, 9.17) is 11.6 Å². The molecule has 1 amide bonds. The number of carbonyl (C=O) groups excluding carboxylic acids is 1. The van der Waals surface area contributed by atoms with Crippen LogP contribution in [0.1, 0.15) is 12.0 Å². The number of aromatic nitrogens is 1. The highest BCUT2D eigenvalue weighted by atomic mass is 35.5. The molecule has 0 saturated carbocycles. The molecule has 9 heteroatoms. The lowest BCUT2D eigenvalue weighted by Gasteiger charge is -2.19. The third-order valence-corrected chi connectivity index (χ3v) is 5.72. The highest BCUT2D eigenvalue weighted by Crippen LogP contribution is 2.31. The number of fused-ring (bicyclic) bond motifs is 1. The minimum Gasteiger partial charge on any atom is -0.406 e. The number of H-pyrrole nitrogens is 1. The number of nitrogens with one attached hydrogen (secondary N) is 2. The first kappa shape index (κ1) is 22.1. The number of nitrogens with zero attached hydrogens (tertiary/aromatic N) is 1. The predicted molar refractivity (Wildman–Crippen MR) is 118 cm³/mol. The molecule has 2 heterocycles. The summed E-state index contributed by atoms with van der Waals surface area (Å²) >= 11 is 6.09. The van der Waals surface area contributed by atoms with E-state index in [1.807, 2.05) is 24.4 Å². The highest BCUT2D eigenvalue weighted by molar-refractivity contribution is 6.31. The van der Waals surface area contributed by atoms with Gasteiger partial charge < -0.3 is 19.9 Å². The summed E-state index contributed by atoms with van der Waals surface area (Å²) in [6, 6.07) is 11.0. The Morgan fingerprint density at radius 2 is 2.00 bits per heavy atom. The van der Waals surface area contributed by atoms with Crippen molar-refractivity contribution in [2.24, 2.45) is 5.92 Å². The molecule has 1 atom stereocenters. The van der Waals surface area contributed by atoms with Gasteiger partial charge in [0.05, 0.1) is 5.92 Å². The van der Waals surface area contributed by atoms with Crippen molar-refractivity contribution in [2.75, 3.05) is 18.0 Å². The lowest BCUT2D eigenvalue weighted by Crippen LogP contribution is -2.31. The van der Waals surface area contributed by atoms with Crippen molar-refractivity contribution >= 4 is 34.1 Å². The molecule has 1 aliphatic rings. The molecule has 0 aliphatic carbocycles. The van der Waals surface area contributed by atoms with Crippen LogP contribution >= 0.6 is 11.6 Å². The largest absolute Gasteiger partial charge is 0.573 e. The van der Waals surface area contributed by atoms with Crippen LogP contribution < -0.4 is 15.0 Å². The number of hydrogen-bond acceptors (Lipinski definition) is 3. The molecule has 3 aromatic rings. The summed E-state index contributed by atoms with van der Waals surface area (Å²) < 4.78 is 40.8. The Hall–Kier alpha value is -3.13. The second-order valence-electron chi connectivity index (χ2n) is 7.58. The standard InChI is InChI=1S/C23H21ClF3N3O2/c1-14(28-10-8-15-13-29-21-7-2-16(24)12-20(15)21)19-9-11-30(22(19)31)17-3-5-18(6-4-17)32-23(25,26)27/h2-7,12-13,19,28-29H,1,8-11H2. The van der Waals surface area contributed by atoms with Crippen LogP contribution in [0.15, 0.2) is 60.9 Å². The molecule has 0 radical (unpaired) electrons. The molecule has 1 aliphatic heterocycles. The predicted octanol–water partition coefficient (Wildman–Crippen LogP) is 5.42. The van der Waals surface area contributed by atoms with Gasteiger partial charge >= 0.3 is 6.36 Å². The van der Waals surface area contributed by atoms with E-state index in [0.29, 0.717) is 35.9 Å². The molecule has 2 N–H and O–H groups in total. The van der Waals surface area contributed by atoms with Crippen LogP contribution in [0.4, 0.5) is 18.9 Å². The van der Waals surface area contributed by atoms with E-state index in [1.54, 1.807) is 4.90 Å². The van der Waals surface area contributed by atoms with E-state index in [9.17, 15) is 18.0 Å². The Bertz CT molecular complexity index is 1140. The number of benzene rings is 2. The minimum atomic E-state index is -4.75. The van der Waals surface area contributed by atoms with E-state index in [1.165, 1.54) is 24.3 Å². The summed E-state index contributed by atoms with van der Waals surface area (Å²) in [4.78, 5) is 17.6. The fourth-order valence-corrected chi connectivity index (χ4v) is 4.10. The molecule has 1 aromatic heterocycles. The Kier molecular flexibility index (Phi) is 6.06. The molecule has 168 valence electrons.